The third kappa shape index (κ3) is 2.29. The van der Waals surface area contributed by atoms with Gasteiger partial charge in [0.1, 0.15) is 0 Å². The maximum atomic E-state index is 4.31. The molecule has 0 aliphatic rings. The highest BCUT2D eigenvalue weighted by Crippen LogP contribution is 2.17. The molecule has 3 rings (SSSR count). The fourth-order valence-electron chi connectivity index (χ4n) is 2.19. The summed E-state index contributed by atoms with van der Waals surface area (Å²) in [5.74, 6) is 0.746. The zero-order chi connectivity index (χ0) is 13.2. The number of fused-ring (bicyclic) bond motifs is 1. The fraction of sp³-hybridized carbons (Fsp3) is 0.200. The summed E-state index contributed by atoms with van der Waals surface area (Å²) in [7, 11) is 2.09. The second kappa shape index (κ2) is 4.72. The van der Waals surface area contributed by atoms with Crippen molar-refractivity contribution in [1.29, 1.82) is 0 Å². The minimum absolute atomic E-state index is 0.746. The van der Waals surface area contributed by atoms with Gasteiger partial charge in [0.15, 0.2) is 0 Å². The molecule has 0 amide bonds. The lowest BCUT2D eigenvalue weighted by Gasteiger charge is -2.19. The molecular formula is C15H16N4. The van der Waals surface area contributed by atoms with Crippen LogP contribution in [0.5, 0.6) is 0 Å². The second-order valence-electron chi connectivity index (χ2n) is 4.73. The van der Waals surface area contributed by atoms with E-state index in [-0.39, 0.29) is 0 Å². The second-order valence-corrected chi connectivity index (χ2v) is 4.73. The van der Waals surface area contributed by atoms with Gasteiger partial charge in [0.25, 0.3) is 0 Å². The molecule has 0 atom stereocenters. The van der Waals surface area contributed by atoms with Crippen LogP contribution in [-0.4, -0.2) is 21.4 Å². The number of benzene rings is 1. The summed E-state index contributed by atoms with van der Waals surface area (Å²) in [6.07, 6.45) is 5.64. The molecule has 0 aliphatic carbocycles. The van der Waals surface area contributed by atoms with E-state index < -0.39 is 0 Å². The highest BCUT2D eigenvalue weighted by molar-refractivity contribution is 5.48. The zero-order valence-corrected chi connectivity index (χ0v) is 11.1. The third-order valence-electron chi connectivity index (χ3n) is 3.21. The van der Waals surface area contributed by atoms with Crippen molar-refractivity contribution in [2.75, 3.05) is 11.9 Å². The topological polar surface area (TPSA) is 33.4 Å². The molecule has 0 saturated carbocycles. The molecule has 0 aliphatic heterocycles. The van der Waals surface area contributed by atoms with Crippen LogP contribution in [0.2, 0.25) is 0 Å². The van der Waals surface area contributed by atoms with Crippen LogP contribution < -0.4 is 4.90 Å². The van der Waals surface area contributed by atoms with Crippen LogP contribution in [0.4, 0.5) is 5.69 Å². The van der Waals surface area contributed by atoms with Crippen molar-refractivity contribution in [2.45, 2.75) is 13.5 Å². The van der Waals surface area contributed by atoms with Crippen molar-refractivity contribution in [3.05, 3.63) is 60.2 Å². The smallest absolute Gasteiger partial charge is 0.233 e. The van der Waals surface area contributed by atoms with Crippen molar-refractivity contribution in [3.63, 3.8) is 0 Å². The molecule has 19 heavy (non-hydrogen) atoms. The SMILES string of the molecule is Cc1cccc(N(C)Cc2cnc3ncccn23)c1. The molecule has 0 spiro atoms. The van der Waals surface area contributed by atoms with Crippen molar-refractivity contribution in [2.24, 2.45) is 0 Å². The van der Waals surface area contributed by atoms with Gasteiger partial charge >= 0.3 is 0 Å². The number of anilines is 1. The standard InChI is InChI=1S/C15H16N4/c1-12-5-3-6-13(9-12)18(2)11-14-10-17-15-16-7-4-8-19(14)15/h3-10H,11H2,1-2H3. The number of nitrogens with zero attached hydrogens (tertiary/aromatic N) is 4. The first-order valence-corrected chi connectivity index (χ1v) is 6.29. The van der Waals surface area contributed by atoms with E-state index in [4.69, 9.17) is 0 Å². The maximum absolute atomic E-state index is 4.31. The van der Waals surface area contributed by atoms with Gasteiger partial charge in [-0.1, -0.05) is 12.1 Å². The predicted molar refractivity (Wildman–Crippen MR) is 76.3 cm³/mol. The van der Waals surface area contributed by atoms with Gasteiger partial charge in [-0.05, 0) is 30.7 Å². The van der Waals surface area contributed by atoms with Crippen molar-refractivity contribution in [1.82, 2.24) is 14.4 Å². The molecule has 0 fully saturated rings. The molecule has 2 aromatic heterocycles. The number of hydrogen-bond acceptors (Lipinski definition) is 3. The van der Waals surface area contributed by atoms with Gasteiger partial charge in [-0.3, -0.25) is 4.40 Å². The van der Waals surface area contributed by atoms with Gasteiger partial charge in [-0.2, -0.15) is 0 Å². The van der Waals surface area contributed by atoms with Crippen LogP contribution in [0.3, 0.4) is 0 Å². The molecule has 0 radical (unpaired) electrons. The van der Waals surface area contributed by atoms with E-state index in [0.29, 0.717) is 0 Å². The van der Waals surface area contributed by atoms with E-state index in [1.807, 2.05) is 22.9 Å². The van der Waals surface area contributed by atoms with E-state index in [1.165, 1.54) is 11.3 Å². The van der Waals surface area contributed by atoms with Gasteiger partial charge in [-0.25, -0.2) is 9.97 Å². The summed E-state index contributed by atoms with van der Waals surface area (Å²) >= 11 is 0. The summed E-state index contributed by atoms with van der Waals surface area (Å²) in [4.78, 5) is 10.7. The Balaban J connectivity index is 1.89. The molecular weight excluding hydrogens is 236 g/mol. The van der Waals surface area contributed by atoms with Crippen LogP contribution in [0.1, 0.15) is 11.3 Å². The number of imidazole rings is 1. The van der Waals surface area contributed by atoms with E-state index in [1.54, 1.807) is 6.20 Å². The summed E-state index contributed by atoms with van der Waals surface area (Å²) in [6, 6.07) is 10.4. The molecule has 3 aromatic rings. The predicted octanol–water partition coefficient (Wildman–Crippen LogP) is 2.67. The monoisotopic (exact) mass is 252 g/mol. The van der Waals surface area contributed by atoms with E-state index in [0.717, 1.165) is 18.0 Å². The molecule has 0 bridgehead atoms. The molecule has 4 heteroatoms. The van der Waals surface area contributed by atoms with Gasteiger partial charge in [0.2, 0.25) is 5.78 Å². The minimum atomic E-state index is 0.746. The Kier molecular flexibility index (Phi) is 2.91. The summed E-state index contributed by atoms with van der Waals surface area (Å²) < 4.78 is 2.02. The quantitative estimate of drug-likeness (QED) is 0.718. The molecule has 1 aromatic carbocycles. The molecule has 0 saturated heterocycles. The maximum Gasteiger partial charge on any atom is 0.233 e. The van der Waals surface area contributed by atoms with Crippen molar-refractivity contribution < 1.29 is 0 Å². The fourth-order valence-corrected chi connectivity index (χ4v) is 2.19. The summed E-state index contributed by atoms with van der Waals surface area (Å²) in [5, 5.41) is 0. The van der Waals surface area contributed by atoms with Crippen LogP contribution in [0, 0.1) is 6.92 Å². The molecule has 0 N–H and O–H groups in total. The minimum Gasteiger partial charge on any atom is -0.369 e. The summed E-state index contributed by atoms with van der Waals surface area (Å²) in [5.41, 5.74) is 3.61. The number of rotatable bonds is 3. The van der Waals surface area contributed by atoms with Crippen LogP contribution in [0.15, 0.2) is 48.9 Å². The Hall–Kier alpha value is -2.36. The zero-order valence-electron chi connectivity index (χ0n) is 11.1. The highest BCUT2D eigenvalue weighted by atomic mass is 15.1. The van der Waals surface area contributed by atoms with Crippen LogP contribution in [-0.2, 0) is 6.54 Å². The number of aryl methyl sites for hydroxylation is 1. The first-order chi connectivity index (χ1) is 9.24. The lowest BCUT2D eigenvalue weighted by Crippen LogP contribution is -2.17. The average molecular weight is 252 g/mol. The molecule has 2 heterocycles. The largest absolute Gasteiger partial charge is 0.369 e. The van der Waals surface area contributed by atoms with E-state index >= 15 is 0 Å². The number of hydrogen-bond donors (Lipinski definition) is 0. The number of aromatic nitrogens is 3. The first kappa shape index (κ1) is 11.7. The van der Waals surface area contributed by atoms with Crippen LogP contribution >= 0.6 is 0 Å². The van der Waals surface area contributed by atoms with Gasteiger partial charge in [0.05, 0.1) is 18.4 Å². The first-order valence-electron chi connectivity index (χ1n) is 6.29. The molecule has 4 nitrogen and oxygen atoms in total. The Morgan fingerprint density at radius 3 is 2.95 bits per heavy atom. The van der Waals surface area contributed by atoms with Crippen molar-refractivity contribution in [3.8, 4) is 0 Å². The third-order valence-corrected chi connectivity index (χ3v) is 3.21. The van der Waals surface area contributed by atoms with Gasteiger partial charge < -0.3 is 4.90 Å². The highest BCUT2D eigenvalue weighted by Gasteiger charge is 2.07. The lowest BCUT2D eigenvalue weighted by atomic mass is 10.2. The molecule has 96 valence electrons. The lowest BCUT2D eigenvalue weighted by molar-refractivity contribution is 0.866. The normalized spacial score (nSPS) is 10.8. The Morgan fingerprint density at radius 1 is 1.21 bits per heavy atom. The Labute approximate surface area is 112 Å². The van der Waals surface area contributed by atoms with E-state index in [9.17, 15) is 0 Å². The Bertz CT molecular complexity index is 702. The van der Waals surface area contributed by atoms with Gasteiger partial charge in [-0.15, -0.1) is 0 Å². The van der Waals surface area contributed by atoms with Crippen molar-refractivity contribution >= 4 is 11.5 Å². The van der Waals surface area contributed by atoms with Gasteiger partial charge in [0, 0.05) is 25.1 Å². The van der Waals surface area contributed by atoms with E-state index in [2.05, 4.69) is 53.1 Å². The van der Waals surface area contributed by atoms with Crippen LogP contribution in [0.25, 0.3) is 5.78 Å². The average Bonchev–Trinajstić information content (AvgIpc) is 2.82. The Morgan fingerprint density at radius 2 is 2.11 bits per heavy atom. The summed E-state index contributed by atoms with van der Waals surface area (Å²) in [6.45, 7) is 2.91. The molecule has 0 unspecified atom stereocenters.